The SMILES string of the molecule is Nc1cc(Nc2cccc(NC(=O)c3cccc(Nc4ccnc5ccc(F)cc45)c3)c2)ccn1. The van der Waals surface area contributed by atoms with Crippen molar-refractivity contribution in [2.24, 2.45) is 0 Å². The van der Waals surface area contributed by atoms with E-state index in [4.69, 9.17) is 5.73 Å². The summed E-state index contributed by atoms with van der Waals surface area (Å²) in [6.45, 7) is 0. The predicted octanol–water partition coefficient (Wildman–Crippen LogP) is 6.09. The molecule has 2 aromatic heterocycles. The standard InChI is InChI=1S/C27H21FN6O/c28-18-7-8-24-23(14-18)25(10-12-30-24)33-19-4-1-3-17(13-19)27(35)34-21-6-2-5-20(15-21)32-22-9-11-31-26(29)16-22/h1-16H,(H,30,33)(H,34,35)(H3,29,31,32). The molecule has 5 aromatic rings. The largest absolute Gasteiger partial charge is 0.384 e. The monoisotopic (exact) mass is 464 g/mol. The number of pyridine rings is 2. The van der Waals surface area contributed by atoms with Crippen molar-refractivity contribution in [2.45, 2.75) is 0 Å². The van der Waals surface area contributed by atoms with Gasteiger partial charge >= 0.3 is 0 Å². The molecular weight excluding hydrogens is 443 g/mol. The highest BCUT2D eigenvalue weighted by Crippen LogP contribution is 2.27. The molecule has 0 aliphatic heterocycles. The summed E-state index contributed by atoms with van der Waals surface area (Å²) >= 11 is 0. The predicted molar refractivity (Wildman–Crippen MR) is 138 cm³/mol. The smallest absolute Gasteiger partial charge is 0.255 e. The number of hydrogen-bond acceptors (Lipinski definition) is 6. The number of aromatic nitrogens is 2. The zero-order valence-electron chi connectivity index (χ0n) is 18.5. The molecule has 5 rings (SSSR count). The highest BCUT2D eigenvalue weighted by Gasteiger charge is 2.09. The van der Waals surface area contributed by atoms with E-state index < -0.39 is 0 Å². The Morgan fingerprint density at radius 3 is 2.34 bits per heavy atom. The third kappa shape index (κ3) is 5.17. The highest BCUT2D eigenvalue weighted by molar-refractivity contribution is 6.05. The summed E-state index contributed by atoms with van der Waals surface area (Å²) in [5.74, 6) is -0.187. The normalized spacial score (nSPS) is 10.7. The van der Waals surface area contributed by atoms with E-state index in [1.54, 1.807) is 54.9 Å². The molecule has 0 saturated carbocycles. The van der Waals surface area contributed by atoms with Gasteiger partial charge in [-0.3, -0.25) is 9.78 Å². The first kappa shape index (κ1) is 21.8. The van der Waals surface area contributed by atoms with Crippen LogP contribution in [0.25, 0.3) is 10.9 Å². The zero-order valence-corrected chi connectivity index (χ0v) is 18.5. The van der Waals surface area contributed by atoms with Gasteiger partial charge in [0.25, 0.3) is 5.91 Å². The molecular formula is C27H21FN6O. The van der Waals surface area contributed by atoms with Gasteiger partial charge in [-0.25, -0.2) is 9.37 Å². The van der Waals surface area contributed by atoms with E-state index in [0.717, 1.165) is 11.4 Å². The summed E-state index contributed by atoms with van der Waals surface area (Å²) in [7, 11) is 0. The molecule has 0 radical (unpaired) electrons. The molecule has 35 heavy (non-hydrogen) atoms. The van der Waals surface area contributed by atoms with Gasteiger partial charge in [0.15, 0.2) is 0 Å². The van der Waals surface area contributed by atoms with Crippen molar-refractivity contribution in [1.82, 2.24) is 9.97 Å². The summed E-state index contributed by atoms with van der Waals surface area (Å²) in [5, 5.41) is 10.1. The summed E-state index contributed by atoms with van der Waals surface area (Å²) in [6, 6.07) is 24.2. The highest BCUT2D eigenvalue weighted by atomic mass is 19.1. The fourth-order valence-corrected chi connectivity index (χ4v) is 3.69. The van der Waals surface area contributed by atoms with Crippen LogP contribution in [0.4, 0.5) is 38.6 Å². The molecule has 0 fully saturated rings. The Bertz CT molecular complexity index is 1540. The van der Waals surface area contributed by atoms with E-state index in [2.05, 4.69) is 25.9 Å². The van der Waals surface area contributed by atoms with Crippen molar-refractivity contribution >= 4 is 51.1 Å². The minimum absolute atomic E-state index is 0.260. The molecule has 172 valence electrons. The van der Waals surface area contributed by atoms with E-state index in [1.165, 1.54) is 12.1 Å². The molecule has 1 amide bonds. The van der Waals surface area contributed by atoms with Crippen LogP contribution >= 0.6 is 0 Å². The lowest BCUT2D eigenvalue weighted by atomic mass is 10.1. The summed E-state index contributed by atoms with van der Waals surface area (Å²) in [6.07, 6.45) is 3.27. The molecule has 0 saturated heterocycles. The number of nitrogen functional groups attached to an aromatic ring is 1. The van der Waals surface area contributed by atoms with Gasteiger partial charge in [0.2, 0.25) is 0 Å². The lowest BCUT2D eigenvalue weighted by Gasteiger charge is -2.12. The van der Waals surface area contributed by atoms with Gasteiger partial charge in [-0.05, 0) is 66.7 Å². The molecule has 0 aliphatic rings. The fraction of sp³-hybridized carbons (Fsp3) is 0. The van der Waals surface area contributed by atoms with Crippen LogP contribution in [0.15, 0.2) is 97.3 Å². The Balaban J connectivity index is 1.32. The molecule has 0 aliphatic carbocycles. The number of carbonyl (C=O) groups is 1. The van der Waals surface area contributed by atoms with Gasteiger partial charge in [-0.1, -0.05) is 12.1 Å². The van der Waals surface area contributed by atoms with E-state index in [1.807, 2.05) is 30.3 Å². The third-order valence-corrected chi connectivity index (χ3v) is 5.30. The van der Waals surface area contributed by atoms with Crippen LogP contribution in [0, 0.1) is 5.82 Å². The number of benzene rings is 3. The minimum Gasteiger partial charge on any atom is -0.384 e. The summed E-state index contributed by atoms with van der Waals surface area (Å²) < 4.78 is 13.8. The van der Waals surface area contributed by atoms with Crippen LogP contribution in [0.5, 0.6) is 0 Å². The second-order valence-electron chi connectivity index (χ2n) is 7.86. The van der Waals surface area contributed by atoms with Crippen molar-refractivity contribution in [1.29, 1.82) is 0 Å². The molecule has 3 aromatic carbocycles. The molecule has 7 nitrogen and oxygen atoms in total. The van der Waals surface area contributed by atoms with Crippen molar-refractivity contribution < 1.29 is 9.18 Å². The number of anilines is 6. The Morgan fingerprint density at radius 2 is 1.49 bits per heavy atom. The van der Waals surface area contributed by atoms with E-state index in [9.17, 15) is 9.18 Å². The molecule has 0 unspecified atom stereocenters. The second kappa shape index (κ2) is 9.48. The minimum atomic E-state index is -0.342. The van der Waals surface area contributed by atoms with Crippen molar-refractivity contribution in [2.75, 3.05) is 21.7 Å². The number of nitrogens with two attached hydrogens (primary N) is 1. The van der Waals surface area contributed by atoms with Crippen molar-refractivity contribution in [3.8, 4) is 0 Å². The first-order valence-corrected chi connectivity index (χ1v) is 10.8. The van der Waals surface area contributed by atoms with Gasteiger partial charge in [-0.15, -0.1) is 0 Å². The maximum Gasteiger partial charge on any atom is 0.255 e. The first-order chi connectivity index (χ1) is 17.0. The first-order valence-electron chi connectivity index (χ1n) is 10.8. The second-order valence-corrected chi connectivity index (χ2v) is 7.86. The van der Waals surface area contributed by atoms with Gasteiger partial charge < -0.3 is 21.7 Å². The fourth-order valence-electron chi connectivity index (χ4n) is 3.69. The lowest BCUT2D eigenvalue weighted by Crippen LogP contribution is -2.12. The lowest BCUT2D eigenvalue weighted by molar-refractivity contribution is 0.102. The van der Waals surface area contributed by atoms with E-state index in [0.29, 0.717) is 39.3 Å². The number of halogens is 1. The van der Waals surface area contributed by atoms with Crippen LogP contribution in [0.3, 0.4) is 0 Å². The molecule has 0 bridgehead atoms. The zero-order chi connectivity index (χ0) is 24.2. The number of rotatable bonds is 6. The number of nitrogens with one attached hydrogen (secondary N) is 3. The van der Waals surface area contributed by atoms with Crippen LogP contribution in [0.1, 0.15) is 10.4 Å². The van der Waals surface area contributed by atoms with E-state index >= 15 is 0 Å². The summed E-state index contributed by atoms with van der Waals surface area (Å²) in [4.78, 5) is 21.2. The maximum absolute atomic E-state index is 13.8. The van der Waals surface area contributed by atoms with Gasteiger partial charge in [-0.2, -0.15) is 0 Å². The van der Waals surface area contributed by atoms with Crippen LogP contribution < -0.4 is 21.7 Å². The maximum atomic E-state index is 13.8. The Labute approximate surface area is 200 Å². The molecule has 2 heterocycles. The number of fused-ring (bicyclic) bond motifs is 1. The van der Waals surface area contributed by atoms with Crippen molar-refractivity contribution in [3.05, 3.63) is 109 Å². The third-order valence-electron chi connectivity index (χ3n) is 5.30. The van der Waals surface area contributed by atoms with Crippen molar-refractivity contribution in [3.63, 3.8) is 0 Å². The van der Waals surface area contributed by atoms with Gasteiger partial charge in [0.1, 0.15) is 11.6 Å². The Kier molecular flexibility index (Phi) is 5.92. The number of nitrogens with zero attached hydrogens (tertiary/aromatic N) is 2. The number of hydrogen-bond donors (Lipinski definition) is 4. The molecule has 5 N–H and O–H groups in total. The summed E-state index contributed by atoms with van der Waals surface area (Å²) in [5.41, 5.74) is 10.5. The average Bonchev–Trinajstić information content (AvgIpc) is 2.85. The topological polar surface area (TPSA) is 105 Å². The number of amides is 1. The Hall–Kier alpha value is -4.98. The van der Waals surface area contributed by atoms with Crippen LogP contribution in [0.2, 0.25) is 0 Å². The van der Waals surface area contributed by atoms with Crippen LogP contribution in [-0.2, 0) is 0 Å². The molecule has 8 heteroatoms. The van der Waals surface area contributed by atoms with Crippen LogP contribution in [-0.4, -0.2) is 15.9 Å². The van der Waals surface area contributed by atoms with Gasteiger partial charge in [0, 0.05) is 57.8 Å². The average molecular weight is 465 g/mol. The number of carbonyl (C=O) groups excluding carboxylic acids is 1. The quantitative estimate of drug-likeness (QED) is 0.242. The molecule has 0 atom stereocenters. The Morgan fingerprint density at radius 1 is 0.743 bits per heavy atom. The molecule has 0 spiro atoms. The van der Waals surface area contributed by atoms with E-state index in [-0.39, 0.29) is 11.7 Å². The van der Waals surface area contributed by atoms with Gasteiger partial charge in [0.05, 0.1) is 5.52 Å².